The van der Waals surface area contributed by atoms with Crippen LogP contribution < -0.4 is 10.3 Å². The van der Waals surface area contributed by atoms with E-state index in [-0.39, 0.29) is 18.0 Å². The Morgan fingerprint density at radius 3 is 2.83 bits per heavy atom. The van der Waals surface area contributed by atoms with E-state index in [1.165, 1.54) is 16.0 Å². The fraction of sp³-hybridized carbons (Fsp3) is 0.190. The number of hydrogen-bond acceptors (Lipinski definition) is 5. The summed E-state index contributed by atoms with van der Waals surface area (Å²) >= 11 is 1.47. The number of aliphatic imine (C=N–C) groups is 1. The Labute approximate surface area is 178 Å². The summed E-state index contributed by atoms with van der Waals surface area (Å²) in [6.45, 7) is 6.43. The number of benzene rings is 2. The number of nitrogens with one attached hydrogen (secondary N) is 1. The Morgan fingerprint density at radius 2 is 2.07 bits per heavy atom. The first-order chi connectivity index (χ1) is 13.5. The van der Waals surface area contributed by atoms with Gasteiger partial charge in [-0.1, -0.05) is 23.5 Å². The average molecular weight is 429 g/mol. The second-order valence-electron chi connectivity index (χ2n) is 6.45. The summed E-state index contributed by atoms with van der Waals surface area (Å²) in [4.78, 5) is 21.8. The molecule has 0 bridgehead atoms. The molecule has 8 heteroatoms. The predicted octanol–water partition coefficient (Wildman–Crippen LogP) is 4.96. The van der Waals surface area contributed by atoms with Crippen LogP contribution >= 0.6 is 23.7 Å². The third kappa shape index (κ3) is 4.26. The Morgan fingerprint density at radius 1 is 1.24 bits per heavy atom. The van der Waals surface area contributed by atoms with Gasteiger partial charge < -0.3 is 4.74 Å². The van der Waals surface area contributed by atoms with Crippen LogP contribution in [0.15, 0.2) is 52.3 Å². The molecule has 4 aromatic rings. The first-order valence-corrected chi connectivity index (χ1v) is 9.83. The minimum atomic E-state index is -0.133. The predicted molar refractivity (Wildman–Crippen MR) is 121 cm³/mol. The van der Waals surface area contributed by atoms with Gasteiger partial charge in [-0.25, -0.2) is 14.7 Å². The molecule has 0 radical (unpaired) electrons. The quantitative estimate of drug-likeness (QED) is 0.456. The SMILES string of the molecule is CCOc1ccc2nc(/N=C/c3c(C)[nH]n(-c4cccc(C)c4)c3=O)sc2c1.Cl. The van der Waals surface area contributed by atoms with Gasteiger partial charge in [-0.2, -0.15) is 0 Å². The van der Waals surface area contributed by atoms with E-state index in [2.05, 4.69) is 15.1 Å². The standard InChI is InChI=1S/C21H20N4O2S.ClH/c1-4-27-16-8-9-18-19(11-16)28-21(23-18)22-12-17-14(3)24-25(20(17)26)15-7-5-6-13(2)10-15;/h5-12,24H,4H2,1-3H3;1H/b22-12+;. The average Bonchev–Trinajstić information content (AvgIpc) is 3.20. The second kappa shape index (κ2) is 8.63. The summed E-state index contributed by atoms with van der Waals surface area (Å²) in [5.41, 5.74) is 3.91. The molecule has 6 nitrogen and oxygen atoms in total. The summed E-state index contributed by atoms with van der Waals surface area (Å²) < 4.78 is 8.07. The van der Waals surface area contributed by atoms with Crippen molar-refractivity contribution in [1.82, 2.24) is 14.8 Å². The van der Waals surface area contributed by atoms with Gasteiger partial charge in [-0.05, 0) is 56.7 Å². The number of halogens is 1. The first kappa shape index (κ1) is 20.8. The van der Waals surface area contributed by atoms with Crippen molar-refractivity contribution in [2.24, 2.45) is 4.99 Å². The number of aromatic nitrogens is 3. The van der Waals surface area contributed by atoms with Gasteiger partial charge in [-0.15, -0.1) is 12.4 Å². The molecule has 1 N–H and O–H groups in total. The fourth-order valence-corrected chi connectivity index (χ4v) is 3.82. The molecule has 2 aromatic heterocycles. The normalized spacial score (nSPS) is 11.1. The monoisotopic (exact) mass is 428 g/mol. The summed E-state index contributed by atoms with van der Waals surface area (Å²) in [6.07, 6.45) is 1.58. The Kier molecular flexibility index (Phi) is 6.20. The molecule has 4 rings (SSSR count). The minimum absolute atomic E-state index is 0. The highest BCUT2D eigenvalue weighted by Crippen LogP contribution is 2.30. The van der Waals surface area contributed by atoms with Crippen molar-refractivity contribution in [2.45, 2.75) is 20.8 Å². The maximum atomic E-state index is 12.8. The van der Waals surface area contributed by atoms with E-state index in [1.54, 1.807) is 6.21 Å². The molecule has 0 aliphatic heterocycles. The lowest BCUT2D eigenvalue weighted by Crippen LogP contribution is -2.17. The van der Waals surface area contributed by atoms with Crippen LogP contribution in [0.5, 0.6) is 5.75 Å². The maximum Gasteiger partial charge on any atom is 0.280 e. The zero-order valence-corrected chi connectivity index (χ0v) is 17.9. The zero-order valence-electron chi connectivity index (χ0n) is 16.3. The highest BCUT2D eigenvalue weighted by molar-refractivity contribution is 7.22. The summed E-state index contributed by atoms with van der Waals surface area (Å²) in [5, 5.41) is 3.72. The van der Waals surface area contributed by atoms with Gasteiger partial charge in [0.05, 0.1) is 28.1 Å². The molecule has 0 aliphatic carbocycles. The number of thiazole rings is 1. The fourth-order valence-electron chi connectivity index (χ4n) is 2.98. The molecule has 2 heterocycles. The molecular weight excluding hydrogens is 408 g/mol. The Bertz CT molecular complexity index is 1240. The zero-order chi connectivity index (χ0) is 19.7. The van der Waals surface area contributed by atoms with E-state index >= 15 is 0 Å². The van der Waals surface area contributed by atoms with Gasteiger partial charge in [0.1, 0.15) is 5.75 Å². The Hall–Kier alpha value is -2.90. The number of H-pyrrole nitrogens is 1. The number of rotatable bonds is 5. The molecule has 0 saturated heterocycles. The van der Waals surface area contributed by atoms with Crippen LogP contribution in [0.3, 0.4) is 0 Å². The number of ether oxygens (including phenoxy) is 1. The topological polar surface area (TPSA) is 72.3 Å². The van der Waals surface area contributed by atoms with Crippen molar-refractivity contribution in [3.05, 3.63) is 69.6 Å². The van der Waals surface area contributed by atoms with Crippen molar-refractivity contribution >= 4 is 45.3 Å². The molecule has 0 aliphatic rings. The lowest BCUT2D eigenvalue weighted by molar-refractivity contribution is 0.341. The first-order valence-electron chi connectivity index (χ1n) is 9.01. The third-order valence-electron chi connectivity index (χ3n) is 4.34. The van der Waals surface area contributed by atoms with Crippen LogP contribution in [0.2, 0.25) is 0 Å². The van der Waals surface area contributed by atoms with Gasteiger partial charge in [0.25, 0.3) is 5.56 Å². The molecule has 2 aromatic carbocycles. The second-order valence-corrected chi connectivity index (χ2v) is 7.46. The number of aromatic amines is 1. The van der Waals surface area contributed by atoms with Gasteiger partial charge in [-0.3, -0.25) is 9.89 Å². The van der Waals surface area contributed by atoms with Crippen LogP contribution in [-0.4, -0.2) is 27.6 Å². The number of nitrogens with zero attached hydrogens (tertiary/aromatic N) is 3. The smallest absolute Gasteiger partial charge is 0.280 e. The minimum Gasteiger partial charge on any atom is -0.494 e. The van der Waals surface area contributed by atoms with Crippen molar-refractivity contribution in [2.75, 3.05) is 6.61 Å². The van der Waals surface area contributed by atoms with E-state index in [0.29, 0.717) is 17.3 Å². The summed E-state index contributed by atoms with van der Waals surface area (Å²) in [5.74, 6) is 0.816. The van der Waals surface area contributed by atoms with Crippen molar-refractivity contribution < 1.29 is 4.74 Å². The van der Waals surface area contributed by atoms with Crippen molar-refractivity contribution in [1.29, 1.82) is 0 Å². The molecule has 0 saturated carbocycles. The van der Waals surface area contributed by atoms with Crippen LogP contribution in [0.4, 0.5) is 5.13 Å². The highest BCUT2D eigenvalue weighted by atomic mass is 35.5. The summed E-state index contributed by atoms with van der Waals surface area (Å²) in [6, 6.07) is 13.6. The molecule has 0 atom stereocenters. The highest BCUT2D eigenvalue weighted by Gasteiger charge is 2.11. The van der Waals surface area contributed by atoms with E-state index in [0.717, 1.165) is 32.9 Å². The molecule has 150 valence electrons. The van der Waals surface area contributed by atoms with E-state index < -0.39 is 0 Å². The van der Waals surface area contributed by atoms with Gasteiger partial charge >= 0.3 is 0 Å². The molecule has 0 fully saturated rings. The number of aryl methyl sites for hydroxylation is 2. The summed E-state index contributed by atoms with van der Waals surface area (Å²) in [7, 11) is 0. The number of fused-ring (bicyclic) bond motifs is 1. The number of hydrogen-bond donors (Lipinski definition) is 1. The van der Waals surface area contributed by atoms with Crippen molar-refractivity contribution in [3.63, 3.8) is 0 Å². The lowest BCUT2D eigenvalue weighted by atomic mass is 10.2. The van der Waals surface area contributed by atoms with E-state index in [1.807, 2.05) is 63.2 Å². The Balaban J connectivity index is 0.00000240. The van der Waals surface area contributed by atoms with Crippen LogP contribution in [0.1, 0.15) is 23.7 Å². The molecule has 0 spiro atoms. The van der Waals surface area contributed by atoms with Crippen LogP contribution in [0.25, 0.3) is 15.9 Å². The van der Waals surface area contributed by atoms with Gasteiger partial charge in [0.2, 0.25) is 5.13 Å². The third-order valence-corrected chi connectivity index (χ3v) is 5.27. The van der Waals surface area contributed by atoms with Gasteiger partial charge in [0.15, 0.2) is 0 Å². The van der Waals surface area contributed by atoms with Crippen LogP contribution in [0, 0.1) is 13.8 Å². The lowest BCUT2D eigenvalue weighted by Gasteiger charge is -2.02. The molecular formula is C21H21ClN4O2S. The van der Waals surface area contributed by atoms with Gasteiger partial charge in [0, 0.05) is 11.9 Å². The van der Waals surface area contributed by atoms with E-state index in [4.69, 9.17) is 4.74 Å². The van der Waals surface area contributed by atoms with E-state index in [9.17, 15) is 4.79 Å². The largest absolute Gasteiger partial charge is 0.494 e. The molecule has 29 heavy (non-hydrogen) atoms. The van der Waals surface area contributed by atoms with Crippen molar-refractivity contribution in [3.8, 4) is 11.4 Å². The molecule has 0 amide bonds. The van der Waals surface area contributed by atoms with Crippen LogP contribution in [-0.2, 0) is 0 Å². The maximum absolute atomic E-state index is 12.8. The molecule has 0 unspecified atom stereocenters.